The summed E-state index contributed by atoms with van der Waals surface area (Å²) in [4.78, 5) is 16.6. The predicted molar refractivity (Wildman–Crippen MR) is 89.6 cm³/mol. The summed E-state index contributed by atoms with van der Waals surface area (Å²) >= 11 is 1.49. The van der Waals surface area contributed by atoms with Gasteiger partial charge in [0.15, 0.2) is 5.13 Å². The Kier molecular flexibility index (Phi) is 4.85. The van der Waals surface area contributed by atoms with Gasteiger partial charge in [-0.2, -0.15) is 0 Å². The Morgan fingerprint density at radius 3 is 2.65 bits per heavy atom. The Bertz CT molecular complexity index is 753. The van der Waals surface area contributed by atoms with Gasteiger partial charge in [0.25, 0.3) is 0 Å². The van der Waals surface area contributed by atoms with Crippen molar-refractivity contribution in [3.05, 3.63) is 71.5 Å². The minimum atomic E-state index is -0.397. The van der Waals surface area contributed by atoms with Crippen molar-refractivity contribution >= 4 is 17.2 Å². The number of nitrogens with zero attached hydrogens (tertiary/aromatic N) is 2. The highest BCUT2D eigenvalue weighted by Gasteiger charge is 2.15. The Morgan fingerprint density at radius 1 is 1.22 bits per heavy atom. The zero-order valence-corrected chi connectivity index (χ0v) is 13.2. The van der Waals surface area contributed by atoms with Crippen LogP contribution < -0.4 is 5.32 Å². The van der Waals surface area contributed by atoms with E-state index in [2.05, 4.69) is 10.3 Å². The number of aliphatic hydroxyl groups is 1. The molecule has 6 heteroatoms. The van der Waals surface area contributed by atoms with Crippen molar-refractivity contribution in [2.24, 2.45) is 0 Å². The molecule has 0 spiro atoms. The molecule has 0 radical (unpaired) electrons. The van der Waals surface area contributed by atoms with Crippen LogP contribution in [0.25, 0.3) is 5.13 Å². The molecule has 0 aliphatic carbocycles. The first-order valence-electron chi connectivity index (χ1n) is 7.29. The van der Waals surface area contributed by atoms with Crippen LogP contribution in [-0.2, 0) is 11.2 Å². The summed E-state index contributed by atoms with van der Waals surface area (Å²) in [7, 11) is 0. The lowest BCUT2D eigenvalue weighted by molar-refractivity contribution is -0.121. The minimum Gasteiger partial charge on any atom is -0.394 e. The Morgan fingerprint density at radius 2 is 1.96 bits per heavy atom. The predicted octanol–water partition coefficient (Wildman–Crippen LogP) is 2.33. The van der Waals surface area contributed by atoms with Gasteiger partial charge >= 0.3 is 0 Å². The van der Waals surface area contributed by atoms with Gasteiger partial charge in [0.05, 0.1) is 24.8 Å². The van der Waals surface area contributed by atoms with Gasteiger partial charge in [-0.25, -0.2) is 4.98 Å². The van der Waals surface area contributed by atoms with E-state index in [0.717, 1.165) is 16.4 Å². The molecule has 0 saturated carbocycles. The van der Waals surface area contributed by atoms with E-state index in [0.29, 0.717) is 0 Å². The zero-order valence-electron chi connectivity index (χ0n) is 12.4. The van der Waals surface area contributed by atoms with E-state index in [1.54, 1.807) is 0 Å². The van der Waals surface area contributed by atoms with Crippen molar-refractivity contribution in [1.29, 1.82) is 0 Å². The molecule has 5 nitrogen and oxygen atoms in total. The van der Waals surface area contributed by atoms with Crippen LogP contribution in [0, 0.1) is 0 Å². The molecular weight excluding hydrogens is 310 g/mol. The summed E-state index contributed by atoms with van der Waals surface area (Å²) in [6.45, 7) is -0.137. The molecule has 0 aliphatic rings. The maximum absolute atomic E-state index is 12.2. The lowest BCUT2D eigenvalue weighted by Crippen LogP contribution is -2.32. The second-order valence-electron chi connectivity index (χ2n) is 5.10. The molecule has 1 unspecified atom stereocenters. The topological polar surface area (TPSA) is 67.2 Å². The van der Waals surface area contributed by atoms with Gasteiger partial charge in [0.2, 0.25) is 5.91 Å². The highest BCUT2D eigenvalue weighted by atomic mass is 32.1. The first-order chi connectivity index (χ1) is 11.3. The summed E-state index contributed by atoms with van der Waals surface area (Å²) in [6, 6.07) is 12.9. The van der Waals surface area contributed by atoms with E-state index in [4.69, 9.17) is 0 Å². The van der Waals surface area contributed by atoms with E-state index in [1.807, 2.05) is 64.8 Å². The molecule has 0 bridgehead atoms. The number of carbonyl (C=O) groups excluding carboxylic acids is 1. The Balaban J connectivity index is 1.63. The number of aliphatic hydroxyl groups excluding tert-OH is 1. The van der Waals surface area contributed by atoms with Crippen LogP contribution in [0.1, 0.15) is 17.3 Å². The largest absolute Gasteiger partial charge is 0.394 e. The number of carbonyl (C=O) groups is 1. The maximum atomic E-state index is 12.2. The van der Waals surface area contributed by atoms with Gasteiger partial charge in [-0.1, -0.05) is 30.3 Å². The van der Waals surface area contributed by atoms with Crippen LogP contribution in [-0.4, -0.2) is 27.2 Å². The molecule has 1 amide bonds. The third-order valence-corrected chi connectivity index (χ3v) is 4.33. The molecule has 0 aliphatic heterocycles. The van der Waals surface area contributed by atoms with Gasteiger partial charge in [-0.3, -0.25) is 4.79 Å². The van der Waals surface area contributed by atoms with Crippen molar-refractivity contribution in [1.82, 2.24) is 14.9 Å². The Labute approximate surface area is 138 Å². The second kappa shape index (κ2) is 7.21. The minimum absolute atomic E-state index is 0.137. The first-order valence-corrected chi connectivity index (χ1v) is 8.17. The first kappa shape index (κ1) is 15.5. The molecule has 2 N–H and O–H groups in total. The van der Waals surface area contributed by atoms with Crippen molar-refractivity contribution in [2.45, 2.75) is 12.5 Å². The highest BCUT2D eigenvalue weighted by molar-refractivity contribution is 7.12. The number of hydrogen-bond acceptors (Lipinski definition) is 4. The van der Waals surface area contributed by atoms with Crippen molar-refractivity contribution in [3.8, 4) is 5.13 Å². The fourth-order valence-corrected chi connectivity index (χ4v) is 3.08. The molecule has 3 aromatic rings. The smallest absolute Gasteiger partial charge is 0.226 e. The van der Waals surface area contributed by atoms with Crippen LogP contribution >= 0.6 is 11.3 Å². The van der Waals surface area contributed by atoms with Crippen LogP contribution in [0.4, 0.5) is 0 Å². The summed E-state index contributed by atoms with van der Waals surface area (Å²) in [5, 5.41) is 15.0. The number of benzene rings is 1. The lowest BCUT2D eigenvalue weighted by atomic mass is 10.1. The standard InChI is InChI=1S/C17H17N3O2S/c21-11-15(13-6-2-1-3-7-13)19-16(22)10-14-12-23-17(18-14)20-8-4-5-9-20/h1-9,12,15,21H,10-11H2,(H,19,22). The Hall–Kier alpha value is -2.44. The van der Waals surface area contributed by atoms with Gasteiger partial charge < -0.3 is 15.0 Å². The zero-order chi connectivity index (χ0) is 16.1. The van der Waals surface area contributed by atoms with Gasteiger partial charge in [0.1, 0.15) is 0 Å². The van der Waals surface area contributed by atoms with Crippen LogP contribution in [0.2, 0.25) is 0 Å². The van der Waals surface area contributed by atoms with Crippen molar-refractivity contribution in [3.63, 3.8) is 0 Å². The van der Waals surface area contributed by atoms with Gasteiger partial charge in [0, 0.05) is 17.8 Å². The fourth-order valence-electron chi connectivity index (χ4n) is 2.29. The molecule has 0 saturated heterocycles. The van der Waals surface area contributed by atoms with Crippen molar-refractivity contribution < 1.29 is 9.90 Å². The number of thiazole rings is 1. The molecule has 0 fully saturated rings. The third-order valence-electron chi connectivity index (χ3n) is 3.43. The van der Waals surface area contributed by atoms with Crippen LogP contribution in [0.5, 0.6) is 0 Å². The fraction of sp³-hybridized carbons (Fsp3) is 0.176. The number of nitrogens with one attached hydrogen (secondary N) is 1. The summed E-state index contributed by atoms with van der Waals surface area (Å²) in [5.74, 6) is -0.155. The molecule has 3 rings (SSSR count). The second-order valence-corrected chi connectivity index (χ2v) is 5.94. The number of hydrogen-bond donors (Lipinski definition) is 2. The number of rotatable bonds is 6. The van der Waals surface area contributed by atoms with Gasteiger partial charge in [-0.05, 0) is 17.7 Å². The average molecular weight is 327 g/mol. The van der Waals surface area contributed by atoms with Crippen LogP contribution in [0.15, 0.2) is 60.2 Å². The molecular formula is C17H17N3O2S. The SMILES string of the molecule is O=C(Cc1csc(-n2cccc2)n1)NC(CO)c1ccccc1. The molecule has 2 aromatic heterocycles. The number of aromatic nitrogens is 2. The van der Waals surface area contributed by atoms with E-state index in [9.17, 15) is 9.90 Å². The van der Waals surface area contributed by atoms with E-state index < -0.39 is 6.04 Å². The van der Waals surface area contributed by atoms with E-state index in [1.165, 1.54) is 11.3 Å². The monoisotopic (exact) mass is 327 g/mol. The summed E-state index contributed by atoms with van der Waals surface area (Å²) in [5.41, 5.74) is 1.61. The van der Waals surface area contributed by atoms with Crippen molar-refractivity contribution in [2.75, 3.05) is 6.61 Å². The summed E-state index contributed by atoms with van der Waals surface area (Å²) < 4.78 is 1.91. The molecule has 1 aromatic carbocycles. The van der Waals surface area contributed by atoms with Gasteiger partial charge in [-0.15, -0.1) is 11.3 Å². The van der Waals surface area contributed by atoms with Crippen LogP contribution in [0.3, 0.4) is 0 Å². The third kappa shape index (κ3) is 3.85. The normalized spacial score (nSPS) is 12.0. The van der Waals surface area contributed by atoms with E-state index in [-0.39, 0.29) is 18.9 Å². The molecule has 1 atom stereocenters. The number of amides is 1. The lowest BCUT2D eigenvalue weighted by Gasteiger charge is -2.16. The summed E-state index contributed by atoms with van der Waals surface area (Å²) in [6.07, 6.45) is 4.03. The maximum Gasteiger partial charge on any atom is 0.226 e. The molecule has 2 heterocycles. The average Bonchev–Trinajstić information content (AvgIpc) is 3.24. The van der Waals surface area contributed by atoms with E-state index >= 15 is 0 Å². The quantitative estimate of drug-likeness (QED) is 0.730. The highest BCUT2D eigenvalue weighted by Crippen LogP contribution is 2.16. The molecule has 23 heavy (non-hydrogen) atoms. The molecule has 118 valence electrons.